The van der Waals surface area contributed by atoms with Crippen LogP contribution in [0.1, 0.15) is 45.7 Å². The Morgan fingerprint density at radius 1 is 1.23 bits per heavy atom. The van der Waals surface area contributed by atoms with E-state index >= 15 is 0 Å². The van der Waals surface area contributed by atoms with Gasteiger partial charge in [-0.2, -0.15) is 0 Å². The Labute approximate surface area is 152 Å². The molecule has 0 unspecified atom stereocenters. The van der Waals surface area contributed by atoms with Gasteiger partial charge in [0.2, 0.25) is 0 Å². The minimum absolute atomic E-state index is 0. The summed E-state index contributed by atoms with van der Waals surface area (Å²) in [5.41, 5.74) is 8.40. The molecule has 0 heterocycles. The molecule has 0 amide bonds. The summed E-state index contributed by atoms with van der Waals surface area (Å²) in [6.07, 6.45) is 0. The highest BCUT2D eigenvalue weighted by Gasteiger charge is 2.10. The van der Waals surface area contributed by atoms with Crippen LogP contribution in [0, 0.1) is 0 Å². The molecule has 3 N–H and O–H groups in total. The standard InChI is InChI=1S/C17H30N4.HI/c1-13(2)21(6)12-15-10-8-7-9-14(15)11-19-16(18)20-17(3,4)5;/h7-10,13H,11-12H2,1-6H3,(H3,18,19,20);1H. The summed E-state index contributed by atoms with van der Waals surface area (Å²) < 4.78 is 0. The van der Waals surface area contributed by atoms with Crippen LogP contribution < -0.4 is 11.1 Å². The Kier molecular flexibility index (Phi) is 9.00. The van der Waals surface area contributed by atoms with E-state index in [1.807, 2.05) is 0 Å². The molecule has 1 aromatic carbocycles. The summed E-state index contributed by atoms with van der Waals surface area (Å²) >= 11 is 0. The second-order valence-corrected chi connectivity index (χ2v) is 6.85. The molecule has 0 aromatic heterocycles. The first-order chi connectivity index (χ1) is 9.69. The summed E-state index contributed by atoms with van der Waals surface area (Å²) in [6, 6.07) is 8.94. The van der Waals surface area contributed by atoms with E-state index in [2.05, 4.69) is 81.1 Å². The van der Waals surface area contributed by atoms with Crippen molar-refractivity contribution in [3.05, 3.63) is 35.4 Å². The number of nitrogens with two attached hydrogens (primary N) is 1. The van der Waals surface area contributed by atoms with Gasteiger partial charge in [-0.1, -0.05) is 24.3 Å². The van der Waals surface area contributed by atoms with E-state index in [0.29, 0.717) is 18.5 Å². The Balaban J connectivity index is 0.00000441. The molecule has 0 radical (unpaired) electrons. The van der Waals surface area contributed by atoms with Gasteiger partial charge in [0.25, 0.3) is 0 Å². The first-order valence-corrected chi connectivity index (χ1v) is 7.54. The largest absolute Gasteiger partial charge is 0.370 e. The minimum Gasteiger partial charge on any atom is -0.370 e. The Morgan fingerprint density at radius 3 is 2.27 bits per heavy atom. The van der Waals surface area contributed by atoms with Crippen molar-refractivity contribution < 1.29 is 0 Å². The van der Waals surface area contributed by atoms with Crippen molar-refractivity contribution >= 4 is 29.9 Å². The molecular weight excluding hydrogens is 387 g/mol. The molecule has 1 rings (SSSR count). The molecule has 1 aromatic rings. The van der Waals surface area contributed by atoms with Gasteiger partial charge in [-0.25, -0.2) is 4.99 Å². The number of nitrogens with zero attached hydrogens (tertiary/aromatic N) is 2. The van der Waals surface area contributed by atoms with E-state index in [1.54, 1.807) is 0 Å². The maximum absolute atomic E-state index is 5.94. The highest BCUT2D eigenvalue weighted by atomic mass is 127. The van der Waals surface area contributed by atoms with Crippen LogP contribution in [0.25, 0.3) is 0 Å². The zero-order chi connectivity index (χ0) is 16.0. The molecule has 0 bridgehead atoms. The van der Waals surface area contributed by atoms with Crippen molar-refractivity contribution in [1.29, 1.82) is 0 Å². The lowest BCUT2D eigenvalue weighted by Crippen LogP contribution is -2.45. The molecule has 0 saturated carbocycles. The molecule has 0 aliphatic heterocycles. The van der Waals surface area contributed by atoms with Gasteiger partial charge in [-0.15, -0.1) is 24.0 Å². The van der Waals surface area contributed by atoms with Gasteiger partial charge >= 0.3 is 0 Å². The topological polar surface area (TPSA) is 53.6 Å². The minimum atomic E-state index is -0.0645. The fraction of sp³-hybridized carbons (Fsp3) is 0.588. The van der Waals surface area contributed by atoms with Crippen molar-refractivity contribution in [1.82, 2.24) is 10.2 Å². The third-order valence-corrected chi connectivity index (χ3v) is 3.34. The van der Waals surface area contributed by atoms with Gasteiger partial charge in [0.15, 0.2) is 5.96 Å². The van der Waals surface area contributed by atoms with E-state index in [9.17, 15) is 0 Å². The molecule has 0 aliphatic rings. The van der Waals surface area contributed by atoms with Gasteiger partial charge in [0.05, 0.1) is 6.54 Å². The Morgan fingerprint density at radius 2 is 1.77 bits per heavy atom. The second-order valence-electron chi connectivity index (χ2n) is 6.85. The summed E-state index contributed by atoms with van der Waals surface area (Å²) in [6.45, 7) is 12.1. The maximum Gasteiger partial charge on any atom is 0.189 e. The number of hydrogen-bond acceptors (Lipinski definition) is 2. The summed E-state index contributed by atoms with van der Waals surface area (Å²) in [4.78, 5) is 6.78. The second kappa shape index (κ2) is 9.35. The zero-order valence-electron chi connectivity index (χ0n) is 14.7. The predicted octanol–water partition coefficient (Wildman–Crippen LogP) is 3.35. The van der Waals surface area contributed by atoms with Crippen molar-refractivity contribution in [2.45, 2.75) is 59.3 Å². The Hall–Kier alpha value is -0.820. The van der Waals surface area contributed by atoms with Crippen LogP contribution in [0.2, 0.25) is 0 Å². The van der Waals surface area contributed by atoms with Gasteiger partial charge in [0, 0.05) is 18.1 Å². The SMILES string of the molecule is CC(C)N(C)Cc1ccccc1CN=C(N)NC(C)(C)C.I. The predicted molar refractivity (Wildman–Crippen MR) is 107 cm³/mol. The van der Waals surface area contributed by atoms with E-state index in [4.69, 9.17) is 5.73 Å². The van der Waals surface area contributed by atoms with Crippen LogP contribution in [-0.4, -0.2) is 29.5 Å². The molecule has 22 heavy (non-hydrogen) atoms. The van der Waals surface area contributed by atoms with E-state index in [-0.39, 0.29) is 29.5 Å². The lowest BCUT2D eigenvalue weighted by atomic mass is 10.1. The number of aliphatic imine (C=N–C) groups is 1. The lowest BCUT2D eigenvalue weighted by Gasteiger charge is -2.23. The van der Waals surface area contributed by atoms with Crippen LogP contribution in [0.4, 0.5) is 0 Å². The molecule has 0 saturated heterocycles. The van der Waals surface area contributed by atoms with Crippen LogP contribution in [0.5, 0.6) is 0 Å². The van der Waals surface area contributed by atoms with Crippen LogP contribution >= 0.6 is 24.0 Å². The third kappa shape index (κ3) is 7.98. The van der Waals surface area contributed by atoms with Gasteiger partial charge < -0.3 is 11.1 Å². The van der Waals surface area contributed by atoms with Crippen molar-refractivity contribution in [2.24, 2.45) is 10.7 Å². The average Bonchev–Trinajstić information content (AvgIpc) is 2.35. The fourth-order valence-corrected chi connectivity index (χ4v) is 1.91. The number of nitrogens with one attached hydrogen (secondary N) is 1. The lowest BCUT2D eigenvalue weighted by molar-refractivity contribution is 0.265. The molecule has 0 atom stereocenters. The molecule has 0 fully saturated rings. The van der Waals surface area contributed by atoms with Gasteiger partial charge in [0.1, 0.15) is 0 Å². The normalized spacial score (nSPS) is 12.5. The summed E-state index contributed by atoms with van der Waals surface area (Å²) in [7, 11) is 2.14. The molecule has 0 aliphatic carbocycles. The fourth-order valence-electron chi connectivity index (χ4n) is 1.91. The summed E-state index contributed by atoms with van der Waals surface area (Å²) in [5, 5.41) is 3.19. The number of guanidine groups is 1. The molecule has 0 spiro atoms. The molecular formula is C17H31IN4. The van der Waals surface area contributed by atoms with Crippen molar-refractivity contribution in [2.75, 3.05) is 7.05 Å². The monoisotopic (exact) mass is 418 g/mol. The van der Waals surface area contributed by atoms with Crippen LogP contribution in [0.3, 0.4) is 0 Å². The van der Waals surface area contributed by atoms with Gasteiger partial charge in [-0.05, 0) is 52.8 Å². The zero-order valence-corrected chi connectivity index (χ0v) is 17.0. The number of rotatable bonds is 5. The molecule has 126 valence electrons. The highest BCUT2D eigenvalue weighted by molar-refractivity contribution is 14.0. The third-order valence-electron chi connectivity index (χ3n) is 3.34. The Bertz CT molecular complexity index is 478. The number of benzene rings is 1. The van der Waals surface area contributed by atoms with Crippen molar-refractivity contribution in [3.63, 3.8) is 0 Å². The van der Waals surface area contributed by atoms with E-state index in [0.717, 1.165) is 6.54 Å². The van der Waals surface area contributed by atoms with Crippen molar-refractivity contribution in [3.8, 4) is 0 Å². The average molecular weight is 418 g/mol. The quantitative estimate of drug-likeness (QED) is 0.438. The number of halogens is 1. The van der Waals surface area contributed by atoms with Crippen LogP contribution in [-0.2, 0) is 13.1 Å². The van der Waals surface area contributed by atoms with E-state index in [1.165, 1.54) is 11.1 Å². The first-order valence-electron chi connectivity index (χ1n) is 7.54. The smallest absolute Gasteiger partial charge is 0.189 e. The van der Waals surface area contributed by atoms with Gasteiger partial charge in [-0.3, -0.25) is 4.90 Å². The van der Waals surface area contributed by atoms with Crippen LogP contribution in [0.15, 0.2) is 29.3 Å². The molecule has 4 nitrogen and oxygen atoms in total. The number of hydrogen-bond donors (Lipinski definition) is 2. The molecule has 5 heteroatoms. The summed E-state index contributed by atoms with van der Waals surface area (Å²) in [5.74, 6) is 0.495. The highest BCUT2D eigenvalue weighted by Crippen LogP contribution is 2.13. The van der Waals surface area contributed by atoms with E-state index < -0.39 is 0 Å². The maximum atomic E-state index is 5.94. The first kappa shape index (κ1) is 21.2.